The van der Waals surface area contributed by atoms with Gasteiger partial charge in [0.2, 0.25) is 5.89 Å². The topological polar surface area (TPSA) is 73.6 Å². The Bertz CT molecular complexity index is 623. The second-order valence-electron chi connectivity index (χ2n) is 5.11. The second kappa shape index (κ2) is 6.88. The van der Waals surface area contributed by atoms with E-state index in [0.29, 0.717) is 35.3 Å². The van der Waals surface area contributed by atoms with Crippen LogP contribution in [0.25, 0.3) is 11.5 Å². The first kappa shape index (κ1) is 15.0. The minimum atomic E-state index is -0.338. The summed E-state index contributed by atoms with van der Waals surface area (Å²) >= 11 is 0. The quantitative estimate of drug-likeness (QED) is 0.503. The molecule has 0 aliphatic heterocycles. The van der Waals surface area contributed by atoms with E-state index in [0.717, 1.165) is 0 Å². The van der Waals surface area contributed by atoms with Gasteiger partial charge < -0.3 is 15.0 Å². The van der Waals surface area contributed by atoms with Gasteiger partial charge in [-0.05, 0) is 24.1 Å². The number of nitrogens with two attached hydrogens (primary N) is 1. The molecule has 112 valence electrons. The van der Waals surface area contributed by atoms with E-state index in [9.17, 15) is 4.39 Å². The van der Waals surface area contributed by atoms with Crippen molar-refractivity contribution in [3.05, 3.63) is 42.0 Å². The number of amidine groups is 1. The van der Waals surface area contributed by atoms with E-state index >= 15 is 0 Å². The summed E-state index contributed by atoms with van der Waals surface area (Å²) in [6, 6.07) is 6.04. The Hall–Kier alpha value is -2.37. The molecule has 1 aromatic carbocycles. The van der Waals surface area contributed by atoms with Gasteiger partial charge in [-0.25, -0.2) is 9.37 Å². The van der Waals surface area contributed by atoms with Crippen molar-refractivity contribution >= 4 is 5.84 Å². The third-order valence-corrected chi connectivity index (χ3v) is 2.63. The van der Waals surface area contributed by atoms with Gasteiger partial charge in [0.25, 0.3) is 0 Å². The summed E-state index contributed by atoms with van der Waals surface area (Å²) in [7, 11) is 0. The molecule has 0 aliphatic rings. The summed E-state index contributed by atoms with van der Waals surface area (Å²) in [5.41, 5.74) is 6.83. The lowest BCUT2D eigenvalue weighted by atomic mass is 10.1. The minimum absolute atomic E-state index is 0.150. The molecule has 0 bridgehead atoms. The second-order valence-corrected chi connectivity index (χ2v) is 5.11. The molecule has 0 fully saturated rings. The zero-order chi connectivity index (χ0) is 15.2. The van der Waals surface area contributed by atoms with Crippen LogP contribution in [-0.4, -0.2) is 10.8 Å². The van der Waals surface area contributed by atoms with Crippen LogP contribution in [0.2, 0.25) is 0 Å². The van der Waals surface area contributed by atoms with Gasteiger partial charge >= 0.3 is 0 Å². The van der Waals surface area contributed by atoms with E-state index in [1.807, 2.05) is 13.8 Å². The molecule has 0 aliphatic carbocycles. The molecule has 0 atom stereocenters. The predicted octanol–water partition coefficient (Wildman–Crippen LogP) is 3.32. The van der Waals surface area contributed by atoms with Crippen LogP contribution >= 0.6 is 0 Å². The van der Waals surface area contributed by atoms with Gasteiger partial charge in [0, 0.05) is 12.0 Å². The zero-order valence-electron chi connectivity index (χ0n) is 12.0. The Labute approximate surface area is 122 Å². The smallest absolute Gasteiger partial charge is 0.226 e. The number of benzene rings is 1. The van der Waals surface area contributed by atoms with Crippen molar-refractivity contribution < 1.29 is 13.6 Å². The van der Waals surface area contributed by atoms with Crippen LogP contribution in [0.3, 0.4) is 0 Å². The maximum absolute atomic E-state index is 13.1. The van der Waals surface area contributed by atoms with Gasteiger partial charge in [-0.2, -0.15) is 0 Å². The van der Waals surface area contributed by atoms with Crippen molar-refractivity contribution in [3.63, 3.8) is 0 Å². The number of halogens is 1. The summed E-state index contributed by atoms with van der Waals surface area (Å²) in [5, 5.41) is 3.81. The fourth-order valence-corrected chi connectivity index (χ4v) is 1.76. The molecule has 1 aromatic heterocycles. The standard InChI is InChI=1S/C15H18FN3O2/c1-10(2)6-14(17)19-21-9-13-8-20-15(18-13)11-4-3-5-12(16)7-11/h3-5,7-8,10H,6,9H2,1-2H3,(H2,17,19). The SMILES string of the molecule is CC(C)CC(N)=NOCc1coc(-c2cccc(F)c2)n1. The lowest BCUT2D eigenvalue weighted by molar-refractivity contribution is 0.126. The van der Waals surface area contributed by atoms with Gasteiger partial charge in [0.1, 0.15) is 23.6 Å². The molecular formula is C15H18FN3O2. The van der Waals surface area contributed by atoms with Gasteiger partial charge in [-0.15, -0.1) is 0 Å². The summed E-state index contributed by atoms with van der Waals surface area (Å²) in [4.78, 5) is 9.33. The van der Waals surface area contributed by atoms with Gasteiger partial charge in [-0.3, -0.25) is 0 Å². The molecule has 0 radical (unpaired) electrons. The molecule has 21 heavy (non-hydrogen) atoms. The summed E-state index contributed by atoms with van der Waals surface area (Å²) in [6.45, 7) is 4.24. The lowest BCUT2D eigenvalue weighted by Crippen LogP contribution is -2.14. The number of hydrogen-bond acceptors (Lipinski definition) is 4. The molecule has 2 aromatic rings. The number of oxime groups is 1. The van der Waals surface area contributed by atoms with Crippen molar-refractivity contribution in [1.29, 1.82) is 0 Å². The molecule has 2 N–H and O–H groups in total. The number of rotatable bonds is 6. The first-order valence-corrected chi connectivity index (χ1v) is 6.69. The van der Waals surface area contributed by atoms with Gasteiger partial charge in [0.15, 0.2) is 6.61 Å². The average molecular weight is 291 g/mol. The Kier molecular flexibility index (Phi) is 4.92. The van der Waals surface area contributed by atoms with E-state index in [4.69, 9.17) is 15.0 Å². The molecule has 0 saturated carbocycles. The van der Waals surface area contributed by atoms with Crippen molar-refractivity contribution in [2.75, 3.05) is 0 Å². The maximum atomic E-state index is 13.1. The van der Waals surface area contributed by atoms with E-state index in [1.165, 1.54) is 18.4 Å². The van der Waals surface area contributed by atoms with Crippen LogP contribution in [0.15, 0.2) is 40.1 Å². The normalized spacial score (nSPS) is 11.9. The third-order valence-electron chi connectivity index (χ3n) is 2.63. The number of hydrogen-bond donors (Lipinski definition) is 1. The Balaban J connectivity index is 1.95. The zero-order valence-corrected chi connectivity index (χ0v) is 12.0. The molecule has 2 rings (SSSR count). The number of oxazole rings is 1. The Morgan fingerprint density at radius 3 is 3.00 bits per heavy atom. The van der Waals surface area contributed by atoms with Gasteiger partial charge in [0.05, 0.1) is 0 Å². The highest BCUT2D eigenvalue weighted by Crippen LogP contribution is 2.19. The van der Waals surface area contributed by atoms with Crippen LogP contribution < -0.4 is 5.73 Å². The highest BCUT2D eigenvalue weighted by molar-refractivity contribution is 5.79. The Morgan fingerprint density at radius 1 is 1.48 bits per heavy atom. The van der Waals surface area contributed by atoms with Crippen LogP contribution in [0.1, 0.15) is 26.0 Å². The van der Waals surface area contributed by atoms with Crippen molar-refractivity contribution in [2.45, 2.75) is 26.9 Å². The molecule has 0 spiro atoms. The third kappa shape index (κ3) is 4.59. The summed E-state index contributed by atoms with van der Waals surface area (Å²) in [6.07, 6.45) is 2.13. The molecular weight excluding hydrogens is 273 g/mol. The number of nitrogens with zero attached hydrogens (tertiary/aromatic N) is 2. The highest BCUT2D eigenvalue weighted by atomic mass is 19.1. The van der Waals surface area contributed by atoms with Crippen LogP contribution in [0.5, 0.6) is 0 Å². The molecule has 0 amide bonds. The summed E-state index contributed by atoms with van der Waals surface area (Å²) < 4.78 is 18.4. The van der Waals surface area contributed by atoms with Crippen LogP contribution in [-0.2, 0) is 11.4 Å². The van der Waals surface area contributed by atoms with Crippen molar-refractivity contribution in [2.24, 2.45) is 16.8 Å². The van der Waals surface area contributed by atoms with Gasteiger partial charge in [-0.1, -0.05) is 25.1 Å². The fraction of sp³-hybridized carbons (Fsp3) is 0.333. The molecule has 0 saturated heterocycles. The monoisotopic (exact) mass is 291 g/mol. The highest BCUT2D eigenvalue weighted by Gasteiger charge is 2.08. The average Bonchev–Trinajstić information content (AvgIpc) is 2.86. The summed E-state index contributed by atoms with van der Waals surface area (Å²) in [5.74, 6) is 0.865. The van der Waals surface area contributed by atoms with E-state index in [2.05, 4.69) is 10.1 Å². The van der Waals surface area contributed by atoms with E-state index in [1.54, 1.807) is 12.1 Å². The Morgan fingerprint density at radius 2 is 2.29 bits per heavy atom. The molecule has 5 nitrogen and oxygen atoms in total. The predicted molar refractivity (Wildman–Crippen MR) is 77.8 cm³/mol. The molecule has 0 unspecified atom stereocenters. The maximum Gasteiger partial charge on any atom is 0.226 e. The fourth-order valence-electron chi connectivity index (χ4n) is 1.76. The first-order chi connectivity index (χ1) is 10.0. The first-order valence-electron chi connectivity index (χ1n) is 6.69. The van der Waals surface area contributed by atoms with Crippen LogP contribution in [0.4, 0.5) is 4.39 Å². The van der Waals surface area contributed by atoms with Crippen LogP contribution in [0, 0.1) is 11.7 Å². The largest absolute Gasteiger partial charge is 0.444 e. The lowest BCUT2D eigenvalue weighted by Gasteiger charge is -2.03. The molecule has 6 heteroatoms. The minimum Gasteiger partial charge on any atom is -0.444 e. The molecule has 1 heterocycles. The van der Waals surface area contributed by atoms with E-state index < -0.39 is 0 Å². The van der Waals surface area contributed by atoms with Crippen molar-refractivity contribution in [1.82, 2.24) is 4.98 Å². The van der Waals surface area contributed by atoms with Crippen molar-refractivity contribution in [3.8, 4) is 11.5 Å². The van der Waals surface area contributed by atoms with E-state index in [-0.39, 0.29) is 12.4 Å². The number of aromatic nitrogens is 1.